The number of hydrogen-bond donors (Lipinski definition) is 1. The second-order valence-electron chi connectivity index (χ2n) is 5.40. The maximum atomic E-state index is 12.6. The van der Waals surface area contributed by atoms with Gasteiger partial charge >= 0.3 is 0 Å². The van der Waals surface area contributed by atoms with Crippen LogP contribution in [0.1, 0.15) is 39.0 Å². The van der Waals surface area contributed by atoms with Crippen molar-refractivity contribution < 1.29 is 9.53 Å². The average Bonchev–Trinajstić information content (AvgIpc) is 2.76. The molecule has 2 rings (SSSR count). The Kier molecular flexibility index (Phi) is 5.45. The molecule has 1 amide bonds. The van der Waals surface area contributed by atoms with Gasteiger partial charge in [0.05, 0.1) is 19.1 Å². The number of ether oxygens (including phenoxy) is 1. The Morgan fingerprint density at radius 1 is 1.17 bits per heavy atom. The number of carbonyl (C=O) groups excluding carboxylic acids is 1. The van der Waals surface area contributed by atoms with E-state index in [1.807, 2.05) is 0 Å². The Balaban J connectivity index is 1.91. The highest BCUT2D eigenvalue weighted by Gasteiger charge is 2.35. The SMILES string of the molecule is CCNC1COCC1C(=O)N1CCCCCCC1. The first-order chi connectivity index (χ1) is 8.83. The van der Waals surface area contributed by atoms with Gasteiger partial charge in [-0.1, -0.05) is 26.2 Å². The lowest BCUT2D eigenvalue weighted by atomic mass is 10.0. The van der Waals surface area contributed by atoms with Crippen LogP contribution in [-0.2, 0) is 9.53 Å². The van der Waals surface area contributed by atoms with Crippen molar-refractivity contribution in [1.82, 2.24) is 10.2 Å². The standard InChI is InChI=1S/C14H26N2O2/c1-2-15-13-11-18-10-12(13)14(17)16-8-6-4-3-5-7-9-16/h12-13,15H,2-11H2,1H3. The minimum Gasteiger partial charge on any atom is -0.379 e. The number of hydrogen-bond acceptors (Lipinski definition) is 3. The van der Waals surface area contributed by atoms with Crippen molar-refractivity contribution in [2.45, 2.75) is 45.1 Å². The molecule has 2 atom stereocenters. The Morgan fingerprint density at radius 2 is 1.83 bits per heavy atom. The van der Waals surface area contributed by atoms with Gasteiger partial charge in [0.2, 0.25) is 5.91 Å². The average molecular weight is 254 g/mol. The fourth-order valence-electron chi connectivity index (χ4n) is 2.96. The van der Waals surface area contributed by atoms with E-state index < -0.39 is 0 Å². The summed E-state index contributed by atoms with van der Waals surface area (Å²) in [5.41, 5.74) is 0. The Morgan fingerprint density at radius 3 is 2.50 bits per heavy atom. The molecule has 2 fully saturated rings. The van der Waals surface area contributed by atoms with Crippen molar-refractivity contribution in [2.24, 2.45) is 5.92 Å². The molecule has 18 heavy (non-hydrogen) atoms. The van der Waals surface area contributed by atoms with E-state index in [1.165, 1.54) is 19.3 Å². The van der Waals surface area contributed by atoms with Crippen molar-refractivity contribution >= 4 is 5.91 Å². The van der Waals surface area contributed by atoms with Crippen molar-refractivity contribution in [3.8, 4) is 0 Å². The minimum absolute atomic E-state index is 0.0318. The highest BCUT2D eigenvalue weighted by molar-refractivity contribution is 5.80. The van der Waals surface area contributed by atoms with Crippen LogP contribution in [0.4, 0.5) is 0 Å². The topological polar surface area (TPSA) is 41.6 Å². The molecule has 4 nitrogen and oxygen atoms in total. The molecule has 0 radical (unpaired) electrons. The first kappa shape index (κ1) is 13.8. The molecule has 2 heterocycles. The lowest BCUT2D eigenvalue weighted by Crippen LogP contribution is -2.46. The highest BCUT2D eigenvalue weighted by Crippen LogP contribution is 2.19. The highest BCUT2D eigenvalue weighted by atomic mass is 16.5. The van der Waals surface area contributed by atoms with E-state index >= 15 is 0 Å². The number of carbonyl (C=O) groups is 1. The monoisotopic (exact) mass is 254 g/mol. The predicted octanol–water partition coefficient (Wildman–Crippen LogP) is 1.40. The van der Waals surface area contributed by atoms with Crippen LogP contribution in [0.5, 0.6) is 0 Å². The molecule has 0 aromatic rings. The second kappa shape index (κ2) is 7.10. The van der Waals surface area contributed by atoms with E-state index in [4.69, 9.17) is 4.74 Å². The van der Waals surface area contributed by atoms with Gasteiger partial charge in [-0.15, -0.1) is 0 Å². The minimum atomic E-state index is 0.0318. The lowest BCUT2D eigenvalue weighted by Gasteiger charge is -2.29. The van der Waals surface area contributed by atoms with Crippen LogP contribution in [0.2, 0.25) is 0 Å². The summed E-state index contributed by atoms with van der Waals surface area (Å²) in [4.78, 5) is 14.6. The summed E-state index contributed by atoms with van der Waals surface area (Å²) in [6.07, 6.45) is 6.17. The van der Waals surface area contributed by atoms with Gasteiger partial charge < -0.3 is 15.0 Å². The van der Waals surface area contributed by atoms with Gasteiger partial charge in [-0.05, 0) is 19.4 Å². The molecule has 0 bridgehead atoms. The molecule has 2 aliphatic rings. The quantitative estimate of drug-likeness (QED) is 0.828. The summed E-state index contributed by atoms with van der Waals surface area (Å²) < 4.78 is 5.48. The number of amides is 1. The van der Waals surface area contributed by atoms with Gasteiger partial charge in [0.15, 0.2) is 0 Å². The normalized spacial score (nSPS) is 29.9. The Bertz CT molecular complexity index is 263. The van der Waals surface area contributed by atoms with E-state index in [-0.39, 0.29) is 12.0 Å². The van der Waals surface area contributed by atoms with Gasteiger partial charge in [-0.25, -0.2) is 0 Å². The van der Waals surface area contributed by atoms with Crippen molar-refractivity contribution in [2.75, 3.05) is 32.8 Å². The number of nitrogens with zero attached hydrogens (tertiary/aromatic N) is 1. The third-order valence-corrected chi connectivity index (χ3v) is 4.03. The first-order valence-corrected chi connectivity index (χ1v) is 7.43. The number of nitrogens with one attached hydrogen (secondary N) is 1. The Hall–Kier alpha value is -0.610. The number of likely N-dealkylation sites (N-methyl/N-ethyl adjacent to an activating group) is 1. The first-order valence-electron chi connectivity index (χ1n) is 7.43. The van der Waals surface area contributed by atoms with E-state index in [0.717, 1.165) is 32.5 Å². The fourth-order valence-corrected chi connectivity index (χ4v) is 2.96. The lowest BCUT2D eigenvalue weighted by molar-refractivity contribution is -0.136. The van der Waals surface area contributed by atoms with E-state index in [1.54, 1.807) is 0 Å². The molecule has 2 unspecified atom stereocenters. The largest absolute Gasteiger partial charge is 0.379 e. The smallest absolute Gasteiger partial charge is 0.229 e. The molecule has 104 valence electrons. The predicted molar refractivity (Wildman–Crippen MR) is 71.4 cm³/mol. The number of rotatable bonds is 3. The summed E-state index contributed by atoms with van der Waals surface area (Å²) in [6, 6.07) is 0.216. The van der Waals surface area contributed by atoms with Crippen LogP contribution >= 0.6 is 0 Å². The van der Waals surface area contributed by atoms with Gasteiger partial charge in [-0.3, -0.25) is 4.79 Å². The van der Waals surface area contributed by atoms with Crippen molar-refractivity contribution in [3.05, 3.63) is 0 Å². The second-order valence-corrected chi connectivity index (χ2v) is 5.40. The molecule has 2 aliphatic heterocycles. The Labute approximate surface area is 110 Å². The molecular weight excluding hydrogens is 228 g/mol. The molecule has 0 aromatic carbocycles. The van der Waals surface area contributed by atoms with Crippen LogP contribution in [0.25, 0.3) is 0 Å². The summed E-state index contributed by atoms with van der Waals surface area (Å²) in [6.45, 7) is 6.13. The van der Waals surface area contributed by atoms with Crippen LogP contribution < -0.4 is 5.32 Å². The van der Waals surface area contributed by atoms with Crippen LogP contribution in [-0.4, -0.2) is 49.7 Å². The third kappa shape index (κ3) is 3.45. The summed E-state index contributed by atoms with van der Waals surface area (Å²) in [5, 5.41) is 3.37. The van der Waals surface area contributed by atoms with Crippen LogP contribution in [0.3, 0.4) is 0 Å². The van der Waals surface area contributed by atoms with E-state index in [9.17, 15) is 4.79 Å². The van der Waals surface area contributed by atoms with Gasteiger partial charge in [-0.2, -0.15) is 0 Å². The maximum absolute atomic E-state index is 12.6. The zero-order valence-electron chi connectivity index (χ0n) is 11.5. The maximum Gasteiger partial charge on any atom is 0.229 e. The zero-order valence-corrected chi connectivity index (χ0v) is 11.5. The van der Waals surface area contributed by atoms with Crippen LogP contribution in [0.15, 0.2) is 0 Å². The zero-order chi connectivity index (χ0) is 12.8. The molecule has 2 saturated heterocycles. The fraction of sp³-hybridized carbons (Fsp3) is 0.929. The molecule has 0 spiro atoms. The third-order valence-electron chi connectivity index (χ3n) is 4.03. The van der Waals surface area contributed by atoms with E-state index in [0.29, 0.717) is 19.1 Å². The summed E-state index contributed by atoms with van der Waals surface area (Å²) in [7, 11) is 0. The summed E-state index contributed by atoms with van der Waals surface area (Å²) in [5.74, 6) is 0.338. The molecule has 0 saturated carbocycles. The molecule has 4 heteroatoms. The number of likely N-dealkylation sites (tertiary alicyclic amines) is 1. The molecule has 1 N–H and O–H groups in total. The van der Waals surface area contributed by atoms with E-state index in [2.05, 4.69) is 17.1 Å². The summed E-state index contributed by atoms with van der Waals surface area (Å²) >= 11 is 0. The molecule has 0 aliphatic carbocycles. The van der Waals surface area contributed by atoms with Gasteiger partial charge in [0.1, 0.15) is 0 Å². The van der Waals surface area contributed by atoms with Crippen molar-refractivity contribution in [1.29, 1.82) is 0 Å². The van der Waals surface area contributed by atoms with Crippen LogP contribution in [0, 0.1) is 5.92 Å². The van der Waals surface area contributed by atoms with Gasteiger partial charge in [0, 0.05) is 19.1 Å². The molecule has 0 aromatic heterocycles. The van der Waals surface area contributed by atoms with Gasteiger partial charge in [0.25, 0.3) is 0 Å². The molecular formula is C14H26N2O2. The van der Waals surface area contributed by atoms with Crippen molar-refractivity contribution in [3.63, 3.8) is 0 Å².